The van der Waals surface area contributed by atoms with Crippen molar-refractivity contribution in [2.24, 2.45) is 0 Å². The predicted molar refractivity (Wildman–Crippen MR) is 77.7 cm³/mol. The van der Waals surface area contributed by atoms with E-state index in [1.807, 2.05) is 0 Å². The fraction of sp³-hybridized carbons (Fsp3) is 0.933. The smallest absolute Gasteiger partial charge is 0.311 e. The fourth-order valence-corrected chi connectivity index (χ4v) is 2.73. The summed E-state index contributed by atoms with van der Waals surface area (Å²) in [6.07, 6.45) is 4.53. The molecule has 0 saturated carbocycles. The summed E-state index contributed by atoms with van der Waals surface area (Å²) in [5, 5.41) is 0. The van der Waals surface area contributed by atoms with Crippen LogP contribution in [0.1, 0.15) is 32.6 Å². The summed E-state index contributed by atoms with van der Waals surface area (Å²) in [6, 6.07) is 0. The van der Waals surface area contributed by atoms with E-state index in [1.54, 1.807) is 0 Å². The average molecular weight is 272 g/mol. The van der Waals surface area contributed by atoms with Gasteiger partial charge in [-0.3, -0.25) is 4.79 Å². The lowest BCUT2D eigenvalue weighted by Gasteiger charge is -2.40. The van der Waals surface area contributed by atoms with Crippen LogP contribution < -0.4 is 0 Å². The van der Waals surface area contributed by atoms with Crippen LogP contribution in [0.5, 0.6) is 0 Å². The minimum absolute atomic E-state index is 0.0423. The van der Waals surface area contributed by atoms with E-state index in [4.69, 9.17) is 4.74 Å². The van der Waals surface area contributed by atoms with Gasteiger partial charge in [-0.05, 0) is 26.2 Å². The minimum atomic E-state index is -0.0423. The van der Waals surface area contributed by atoms with Gasteiger partial charge in [0.25, 0.3) is 0 Å². The van der Waals surface area contributed by atoms with Crippen molar-refractivity contribution in [2.45, 2.75) is 32.6 Å². The van der Waals surface area contributed by atoms with Crippen LogP contribution in [0, 0.1) is 0 Å². The van der Waals surface area contributed by atoms with E-state index in [0.29, 0.717) is 13.0 Å². The first-order chi connectivity index (χ1) is 8.87. The third-order valence-electron chi connectivity index (χ3n) is 4.25. The van der Waals surface area contributed by atoms with Gasteiger partial charge in [0.15, 0.2) is 0 Å². The zero-order chi connectivity index (χ0) is 14.4. The van der Waals surface area contributed by atoms with Gasteiger partial charge < -0.3 is 13.7 Å². The molecule has 4 heteroatoms. The molecule has 19 heavy (non-hydrogen) atoms. The van der Waals surface area contributed by atoms with Crippen LogP contribution in [0.2, 0.25) is 0 Å². The second kappa shape index (κ2) is 7.25. The highest BCUT2D eigenvalue weighted by molar-refractivity contribution is 5.69. The Kier molecular flexibility index (Phi) is 6.27. The number of quaternary nitrogens is 2. The Balaban J connectivity index is 2.23. The van der Waals surface area contributed by atoms with Gasteiger partial charge in [0.1, 0.15) is 13.2 Å². The van der Waals surface area contributed by atoms with Crippen molar-refractivity contribution in [2.75, 3.05) is 60.5 Å². The van der Waals surface area contributed by atoms with E-state index in [9.17, 15) is 4.79 Å². The molecule has 0 bridgehead atoms. The van der Waals surface area contributed by atoms with Gasteiger partial charge in [-0.15, -0.1) is 0 Å². The van der Waals surface area contributed by atoms with Crippen molar-refractivity contribution in [1.29, 1.82) is 0 Å². The number of likely N-dealkylation sites (tertiary alicyclic amines) is 1. The molecule has 1 fully saturated rings. The molecule has 112 valence electrons. The molecule has 0 aliphatic carbocycles. The molecule has 1 aliphatic heterocycles. The van der Waals surface area contributed by atoms with E-state index in [0.717, 1.165) is 28.6 Å². The Morgan fingerprint density at radius 1 is 1.16 bits per heavy atom. The maximum atomic E-state index is 11.7. The summed E-state index contributed by atoms with van der Waals surface area (Å²) in [5.74, 6) is -0.0423. The average Bonchev–Trinajstić information content (AvgIpc) is 2.37. The van der Waals surface area contributed by atoms with Crippen molar-refractivity contribution in [3.63, 3.8) is 0 Å². The molecule has 0 radical (unpaired) electrons. The Hall–Kier alpha value is -0.610. The molecule has 0 aromatic carbocycles. The largest absolute Gasteiger partial charge is 0.460 e. The first-order valence-corrected chi connectivity index (χ1v) is 7.68. The molecular weight excluding hydrogens is 240 g/mol. The molecular formula is C15H32N2O2+2. The lowest BCUT2D eigenvalue weighted by Crippen LogP contribution is -2.53. The van der Waals surface area contributed by atoms with Gasteiger partial charge in [-0.2, -0.15) is 0 Å². The van der Waals surface area contributed by atoms with Crippen molar-refractivity contribution < 1.29 is 18.5 Å². The number of likely N-dealkylation sites (N-methyl/N-ethyl adjacent to an activating group) is 1. The highest BCUT2D eigenvalue weighted by Gasteiger charge is 2.28. The number of esters is 1. The third-order valence-corrected chi connectivity index (χ3v) is 4.25. The Morgan fingerprint density at radius 2 is 1.79 bits per heavy atom. The lowest BCUT2D eigenvalue weighted by atomic mass is 10.1. The molecule has 0 aromatic heterocycles. The number of piperidine rings is 1. The number of ether oxygens (including phenoxy) is 1. The predicted octanol–water partition coefficient (Wildman–Crippen LogP) is 1.65. The molecule has 4 nitrogen and oxygen atoms in total. The summed E-state index contributed by atoms with van der Waals surface area (Å²) in [7, 11) is 6.29. The second-order valence-corrected chi connectivity index (χ2v) is 6.87. The number of hydrogen-bond acceptors (Lipinski definition) is 2. The summed E-state index contributed by atoms with van der Waals surface area (Å²) in [5.41, 5.74) is 0. The Labute approximate surface area is 118 Å². The van der Waals surface area contributed by atoms with Crippen LogP contribution >= 0.6 is 0 Å². The van der Waals surface area contributed by atoms with Gasteiger partial charge in [0.05, 0.1) is 53.7 Å². The van der Waals surface area contributed by atoms with Crippen LogP contribution in [-0.4, -0.2) is 75.4 Å². The fourth-order valence-electron chi connectivity index (χ4n) is 2.73. The maximum absolute atomic E-state index is 11.7. The zero-order valence-electron chi connectivity index (χ0n) is 13.3. The SMILES string of the molecule is CC[N+]1(CCOC(=O)CC[N+](C)(C)C)CCCCC1. The first-order valence-electron chi connectivity index (χ1n) is 7.68. The number of carbonyl (C=O) groups is 1. The zero-order valence-corrected chi connectivity index (χ0v) is 13.3. The molecule has 1 rings (SSSR count). The third kappa shape index (κ3) is 6.39. The van der Waals surface area contributed by atoms with E-state index in [2.05, 4.69) is 28.1 Å². The van der Waals surface area contributed by atoms with Gasteiger partial charge in [0.2, 0.25) is 0 Å². The van der Waals surface area contributed by atoms with Gasteiger partial charge in [0, 0.05) is 0 Å². The standard InChI is InChI=1S/C15H32N2O2/c1-5-17(10-7-6-8-11-17)13-14-19-15(18)9-12-16(2,3)4/h5-14H2,1-4H3/q+2. The summed E-state index contributed by atoms with van der Waals surface area (Å²) in [4.78, 5) is 11.7. The normalized spacial score (nSPS) is 19.2. The highest BCUT2D eigenvalue weighted by Crippen LogP contribution is 2.18. The first kappa shape index (κ1) is 16.4. The highest BCUT2D eigenvalue weighted by atomic mass is 16.5. The number of nitrogens with zero attached hydrogens (tertiary/aromatic N) is 2. The van der Waals surface area contributed by atoms with Crippen molar-refractivity contribution in [3.8, 4) is 0 Å². The monoisotopic (exact) mass is 272 g/mol. The number of carbonyl (C=O) groups excluding carboxylic acids is 1. The van der Waals surface area contributed by atoms with Crippen LogP contribution in [0.15, 0.2) is 0 Å². The molecule has 0 atom stereocenters. The van der Waals surface area contributed by atoms with Gasteiger partial charge >= 0.3 is 5.97 Å². The summed E-state index contributed by atoms with van der Waals surface area (Å²) < 4.78 is 7.35. The van der Waals surface area contributed by atoms with Gasteiger partial charge in [-0.25, -0.2) is 0 Å². The van der Waals surface area contributed by atoms with E-state index in [1.165, 1.54) is 32.4 Å². The van der Waals surface area contributed by atoms with Crippen LogP contribution in [0.4, 0.5) is 0 Å². The molecule has 0 aromatic rings. The summed E-state index contributed by atoms with van der Waals surface area (Å²) in [6.45, 7) is 8.35. The topological polar surface area (TPSA) is 26.3 Å². The van der Waals surface area contributed by atoms with Crippen LogP contribution in [0.3, 0.4) is 0 Å². The maximum Gasteiger partial charge on any atom is 0.311 e. The minimum Gasteiger partial charge on any atom is -0.460 e. The summed E-state index contributed by atoms with van der Waals surface area (Å²) >= 11 is 0. The van der Waals surface area contributed by atoms with E-state index in [-0.39, 0.29) is 5.97 Å². The van der Waals surface area contributed by atoms with Crippen molar-refractivity contribution in [3.05, 3.63) is 0 Å². The van der Waals surface area contributed by atoms with E-state index < -0.39 is 0 Å². The molecule has 1 saturated heterocycles. The van der Waals surface area contributed by atoms with Crippen molar-refractivity contribution in [1.82, 2.24) is 0 Å². The number of hydrogen-bond donors (Lipinski definition) is 0. The van der Waals surface area contributed by atoms with Crippen LogP contribution in [-0.2, 0) is 9.53 Å². The molecule has 0 unspecified atom stereocenters. The van der Waals surface area contributed by atoms with Gasteiger partial charge in [-0.1, -0.05) is 0 Å². The molecule has 1 heterocycles. The quantitative estimate of drug-likeness (QED) is 0.520. The number of rotatable bonds is 7. The molecule has 1 aliphatic rings. The Bertz CT molecular complexity index is 278. The molecule has 0 amide bonds. The Morgan fingerprint density at radius 3 is 2.32 bits per heavy atom. The second-order valence-electron chi connectivity index (χ2n) is 6.87. The molecule has 0 spiro atoms. The van der Waals surface area contributed by atoms with E-state index >= 15 is 0 Å². The molecule has 0 N–H and O–H groups in total. The van der Waals surface area contributed by atoms with Crippen molar-refractivity contribution >= 4 is 5.97 Å². The lowest BCUT2D eigenvalue weighted by molar-refractivity contribution is -0.930. The van der Waals surface area contributed by atoms with Crippen LogP contribution in [0.25, 0.3) is 0 Å².